The highest BCUT2D eigenvalue weighted by Gasteiger charge is 2.23. The maximum absolute atomic E-state index is 11.3. The largest absolute Gasteiger partial charge is 0.358 e. The Bertz CT molecular complexity index is 768. The van der Waals surface area contributed by atoms with Crippen molar-refractivity contribution < 1.29 is 4.92 Å². The minimum Gasteiger partial charge on any atom is -0.358 e. The zero-order chi connectivity index (χ0) is 13.4. The van der Waals surface area contributed by atoms with Crippen LogP contribution < -0.4 is 0 Å². The molecule has 5 nitrogen and oxygen atoms in total. The van der Waals surface area contributed by atoms with Gasteiger partial charge in [0.25, 0.3) is 0 Å². The van der Waals surface area contributed by atoms with Gasteiger partial charge in [-0.25, -0.2) is 0 Å². The number of hydrogen-bond acceptors (Lipinski definition) is 3. The monoisotopic (exact) mass is 273 g/mol. The zero-order valence-electron chi connectivity index (χ0n) is 9.65. The molecule has 0 aliphatic heterocycles. The van der Waals surface area contributed by atoms with Crippen molar-refractivity contribution in [1.29, 1.82) is 0 Å². The molecular weight excluding hydrogens is 266 g/mol. The van der Waals surface area contributed by atoms with Crippen LogP contribution in [0.2, 0.25) is 5.02 Å². The van der Waals surface area contributed by atoms with Crippen LogP contribution >= 0.6 is 11.6 Å². The Hall–Kier alpha value is -2.40. The van der Waals surface area contributed by atoms with Crippen molar-refractivity contribution in [3.05, 3.63) is 63.8 Å². The normalized spacial score (nSPS) is 10.8. The third-order valence-corrected chi connectivity index (χ3v) is 3.00. The highest BCUT2D eigenvalue weighted by Crippen LogP contribution is 2.30. The molecule has 2 heterocycles. The molecule has 0 spiro atoms. The predicted octanol–water partition coefficient (Wildman–Crippen LogP) is 3.56. The summed E-state index contributed by atoms with van der Waals surface area (Å²) in [4.78, 5) is 15.1. The molecule has 0 saturated heterocycles. The molecule has 0 aliphatic rings. The number of hydrogen-bond donors (Lipinski definition) is 0. The van der Waals surface area contributed by atoms with E-state index in [1.54, 1.807) is 24.3 Å². The second kappa shape index (κ2) is 4.37. The lowest BCUT2D eigenvalue weighted by Crippen LogP contribution is -1.95. The predicted molar refractivity (Wildman–Crippen MR) is 72.3 cm³/mol. The Morgan fingerprint density at radius 1 is 1.16 bits per heavy atom. The van der Waals surface area contributed by atoms with Crippen molar-refractivity contribution in [2.24, 2.45) is 0 Å². The molecule has 0 fully saturated rings. The molecule has 94 valence electrons. The third-order valence-electron chi connectivity index (χ3n) is 2.78. The standard InChI is InChI=1S/C13H8ClN3O2/c14-10-6-7-11-15-12(9-4-2-1-3-5-9)13(17(18)19)16(11)8-10/h1-8H. The zero-order valence-corrected chi connectivity index (χ0v) is 10.4. The summed E-state index contributed by atoms with van der Waals surface area (Å²) in [7, 11) is 0. The molecule has 0 bridgehead atoms. The Balaban J connectivity index is 2.36. The average molecular weight is 274 g/mol. The molecule has 0 aliphatic carbocycles. The Morgan fingerprint density at radius 3 is 2.58 bits per heavy atom. The van der Waals surface area contributed by atoms with Gasteiger partial charge in [-0.05, 0) is 11.0 Å². The van der Waals surface area contributed by atoms with Crippen LogP contribution in [0.25, 0.3) is 16.9 Å². The molecule has 0 atom stereocenters. The van der Waals surface area contributed by atoms with Crippen LogP contribution in [0.5, 0.6) is 0 Å². The van der Waals surface area contributed by atoms with Crippen LogP contribution in [0.3, 0.4) is 0 Å². The van der Waals surface area contributed by atoms with Gasteiger partial charge in [0.15, 0.2) is 5.69 Å². The number of benzene rings is 1. The summed E-state index contributed by atoms with van der Waals surface area (Å²) in [5.74, 6) is -0.0799. The van der Waals surface area contributed by atoms with Crippen LogP contribution in [0.15, 0.2) is 48.7 Å². The molecule has 0 radical (unpaired) electrons. The summed E-state index contributed by atoms with van der Waals surface area (Å²) in [6.07, 6.45) is 1.49. The van der Waals surface area contributed by atoms with E-state index in [0.717, 1.165) is 0 Å². The van der Waals surface area contributed by atoms with Gasteiger partial charge in [0.1, 0.15) is 6.20 Å². The smallest absolute Gasteiger partial charge is 0.355 e. The molecule has 6 heteroatoms. The molecule has 3 rings (SSSR count). The van der Waals surface area contributed by atoms with Crippen molar-refractivity contribution in [2.75, 3.05) is 0 Å². The number of imidazole rings is 1. The van der Waals surface area contributed by atoms with E-state index in [2.05, 4.69) is 4.98 Å². The second-order valence-corrected chi connectivity index (χ2v) is 4.42. The number of aromatic nitrogens is 2. The SMILES string of the molecule is O=[N+]([O-])c1c(-c2ccccc2)nc2ccc(Cl)cn12. The number of nitro groups is 1. The summed E-state index contributed by atoms with van der Waals surface area (Å²) in [5, 5.41) is 11.7. The second-order valence-electron chi connectivity index (χ2n) is 3.98. The van der Waals surface area contributed by atoms with Crippen molar-refractivity contribution >= 4 is 23.1 Å². The van der Waals surface area contributed by atoms with Crippen LogP contribution in [0, 0.1) is 10.1 Å². The number of nitrogens with zero attached hydrogens (tertiary/aromatic N) is 3. The van der Waals surface area contributed by atoms with Crippen molar-refractivity contribution in [2.45, 2.75) is 0 Å². The first-order chi connectivity index (χ1) is 9.16. The lowest BCUT2D eigenvalue weighted by Gasteiger charge is -1.98. The molecule has 0 amide bonds. The van der Waals surface area contributed by atoms with Gasteiger partial charge in [0.05, 0.1) is 5.02 Å². The van der Waals surface area contributed by atoms with Crippen LogP contribution in [0.4, 0.5) is 5.82 Å². The highest BCUT2D eigenvalue weighted by atomic mass is 35.5. The quantitative estimate of drug-likeness (QED) is 0.530. The first kappa shape index (κ1) is 11.7. The Morgan fingerprint density at radius 2 is 1.89 bits per heavy atom. The lowest BCUT2D eigenvalue weighted by atomic mass is 10.1. The van der Waals surface area contributed by atoms with Crippen LogP contribution in [0.1, 0.15) is 0 Å². The first-order valence-corrected chi connectivity index (χ1v) is 5.92. The third kappa shape index (κ3) is 1.94. The van der Waals surface area contributed by atoms with Crippen molar-refractivity contribution in [1.82, 2.24) is 9.38 Å². The van der Waals surface area contributed by atoms with Gasteiger partial charge in [-0.3, -0.25) is 0 Å². The molecular formula is C13H8ClN3O2. The molecule has 0 N–H and O–H groups in total. The number of halogens is 1. The summed E-state index contributed by atoms with van der Waals surface area (Å²) >= 11 is 5.88. The minimum atomic E-state index is -0.446. The maximum atomic E-state index is 11.3. The van der Waals surface area contributed by atoms with Gasteiger partial charge in [-0.1, -0.05) is 41.9 Å². The lowest BCUT2D eigenvalue weighted by molar-refractivity contribution is -0.389. The number of fused-ring (bicyclic) bond motifs is 1. The van der Waals surface area contributed by atoms with Gasteiger partial charge in [0, 0.05) is 11.6 Å². The molecule has 0 saturated carbocycles. The summed E-state index contributed by atoms with van der Waals surface area (Å²) in [6.45, 7) is 0. The van der Waals surface area contributed by atoms with Gasteiger partial charge < -0.3 is 10.1 Å². The fourth-order valence-electron chi connectivity index (χ4n) is 1.97. The minimum absolute atomic E-state index is 0.0799. The fraction of sp³-hybridized carbons (Fsp3) is 0. The molecule has 19 heavy (non-hydrogen) atoms. The van der Waals surface area contributed by atoms with E-state index in [9.17, 15) is 10.1 Å². The highest BCUT2D eigenvalue weighted by molar-refractivity contribution is 6.30. The van der Waals surface area contributed by atoms with Crippen LogP contribution in [-0.4, -0.2) is 14.3 Å². The van der Waals surface area contributed by atoms with E-state index >= 15 is 0 Å². The van der Waals surface area contributed by atoms with E-state index in [4.69, 9.17) is 11.6 Å². The van der Waals surface area contributed by atoms with E-state index in [1.165, 1.54) is 10.6 Å². The van der Waals surface area contributed by atoms with Gasteiger partial charge in [-0.2, -0.15) is 9.38 Å². The van der Waals surface area contributed by atoms with Crippen LogP contribution in [-0.2, 0) is 0 Å². The summed E-state index contributed by atoms with van der Waals surface area (Å²) in [6, 6.07) is 12.4. The van der Waals surface area contributed by atoms with Gasteiger partial charge in [-0.15, -0.1) is 0 Å². The van der Waals surface area contributed by atoms with E-state index < -0.39 is 4.92 Å². The molecule has 1 aromatic carbocycles. The average Bonchev–Trinajstić information content (AvgIpc) is 2.78. The summed E-state index contributed by atoms with van der Waals surface area (Å²) < 4.78 is 1.39. The number of pyridine rings is 1. The fourth-order valence-corrected chi connectivity index (χ4v) is 2.13. The topological polar surface area (TPSA) is 60.4 Å². The first-order valence-electron chi connectivity index (χ1n) is 5.54. The Kier molecular flexibility index (Phi) is 2.68. The van der Waals surface area contributed by atoms with E-state index in [0.29, 0.717) is 21.9 Å². The Labute approximate surface area is 113 Å². The maximum Gasteiger partial charge on any atom is 0.355 e. The van der Waals surface area contributed by atoms with Crippen molar-refractivity contribution in [3.8, 4) is 11.3 Å². The molecule has 3 aromatic rings. The van der Waals surface area contributed by atoms with Crippen molar-refractivity contribution in [3.63, 3.8) is 0 Å². The van der Waals surface area contributed by atoms with Gasteiger partial charge >= 0.3 is 5.82 Å². The summed E-state index contributed by atoms with van der Waals surface area (Å²) in [5.41, 5.74) is 1.54. The molecule has 2 aromatic heterocycles. The van der Waals surface area contributed by atoms with E-state index in [1.807, 2.05) is 18.2 Å². The number of rotatable bonds is 2. The molecule has 0 unspecified atom stereocenters. The van der Waals surface area contributed by atoms with Gasteiger partial charge in [0.2, 0.25) is 5.65 Å². The van der Waals surface area contributed by atoms with E-state index in [-0.39, 0.29) is 5.82 Å².